The standard InChI is InChI=1S/C14H17N3O/c1-12(17-9-8-15-11-17)14(18)16(2)10-13-6-4-3-5-7-13/h3-9,11-12H,10H2,1-2H3. The Morgan fingerprint density at radius 3 is 2.72 bits per heavy atom. The number of hydrogen-bond acceptors (Lipinski definition) is 2. The normalized spacial score (nSPS) is 12.1. The van der Waals surface area contributed by atoms with Crippen LogP contribution in [0.1, 0.15) is 18.5 Å². The van der Waals surface area contributed by atoms with Crippen LogP contribution in [0.25, 0.3) is 0 Å². The van der Waals surface area contributed by atoms with E-state index in [0.29, 0.717) is 6.54 Å². The molecule has 1 aromatic carbocycles. The molecule has 0 fully saturated rings. The molecule has 0 saturated heterocycles. The van der Waals surface area contributed by atoms with Crippen LogP contribution in [0.4, 0.5) is 0 Å². The van der Waals surface area contributed by atoms with Gasteiger partial charge in [0.1, 0.15) is 6.04 Å². The van der Waals surface area contributed by atoms with E-state index in [4.69, 9.17) is 0 Å². The van der Waals surface area contributed by atoms with E-state index in [2.05, 4.69) is 4.98 Å². The number of imidazole rings is 1. The minimum absolute atomic E-state index is 0.0804. The van der Waals surface area contributed by atoms with Crippen LogP contribution in [-0.2, 0) is 11.3 Å². The van der Waals surface area contributed by atoms with Gasteiger partial charge in [0, 0.05) is 26.0 Å². The molecule has 0 N–H and O–H groups in total. The molecule has 0 aliphatic heterocycles. The van der Waals surface area contributed by atoms with Crippen LogP contribution >= 0.6 is 0 Å². The highest BCUT2D eigenvalue weighted by molar-refractivity contribution is 5.79. The first-order valence-electron chi connectivity index (χ1n) is 5.95. The summed E-state index contributed by atoms with van der Waals surface area (Å²) < 4.78 is 1.81. The number of nitrogens with zero attached hydrogens (tertiary/aromatic N) is 3. The summed E-state index contributed by atoms with van der Waals surface area (Å²) in [4.78, 5) is 17.9. The van der Waals surface area contributed by atoms with Gasteiger partial charge in [0.25, 0.3) is 0 Å². The van der Waals surface area contributed by atoms with Gasteiger partial charge in [0.05, 0.1) is 6.33 Å². The molecular formula is C14H17N3O. The maximum atomic E-state index is 12.2. The van der Waals surface area contributed by atoms with E-state index in [0.717, 1.165) is 5.56 Å². The van der Waals surface area contributed by atoms with Crippen molar-refractivity contribution in [1.82, 2.24) is 14.5 Å². The summed E-state index contributed by atoms with van der Waals surface area (Å²) in [7, 11) is 1.82. The second-order valence-corrected chi connectivity index (χ2v) is 4.37. The molecule has 4 heteroatoms. The molecule has 1 atom stereocenters. The molecule has 2 rings (SSSR count). The van der Waals surface area contributed by atoms with Crippen molar-refractivity contribution in [3.8, 4) is 0 Å². The zero-order valence-electron chi connectivity index (χ0n) is 10.7. The maximum Gasteiger partial charge on any atom is 0.245 e. The van der Waals surface area contributed by atoms with Crippen molar-refractivity contribution in [2.75, 3.05) is 7.05 Å². The zero-order valence-corrected chi connectivity index (χ0v) is 10.7. The lowest BCUT2D eigenvalue weighted by atomic mass is 10.2. The number of aromatic nitrogens is 2. The van der Waals surface area contributed by atoms with Crippen molar-refractivity contribution >= 4 is 5.91 Å². The Balaban J connectivity index is 2.01. The first kappa shape index (κ1) is 12.4. The van der Waals surface area contributed by atoms with Gasteiger partial charge in [0.15, 0.2) is 0 Å². The second-order valence-electron chi connectivity index (χ2n) is 4.37. The van der Waals surface area contributed by atoms with Crippen LogP contribution in [0.3, 0.4) is 0 Å². The molecule has 1 amide bonds. The van der Waals surface area contributed by atoms with Crippen molar-refractivity contribution in [3.63, 3.8) is 0 Å². The van der Waals surface area contributed by atoms with E-state index in [1.54, 1.807) is 23.6 Å². The Labute approximate surface area is 107 Å². The van der Waals surface area contributed by atoms with E-state index in [1.807, 2.05) is 48.9 Å². The molecular weight excluding hydrogens is 226 g/mol. The molecule has 0 spiro atoms. The van der Waals surface area contributed by atoms with Crippen molar-refractivity contribution < 1.29 is 4.79 Å². The third-order valence-electron chi connectivity index (χ3n) is 2.97. The predicted molar refractivity (Wildman–Crippen MR) is 69.9 cm³/mol. The Hall–Kier alpha value is -2.10. The van der Waals surface area contributed by atoms with Crippen LogP contribution in [0.2, 0.25) is 0 Å². The zero-order chi connectivity index (χ0) is 13.0. The number of carbonyl (C=O) groups is 1. The first-order valence-corrected chi connectivity index (χ1v) is 5.95. The predicted octanol–water partition coefficient (Wildman–Crippen LogP) is 2.10. The Bertz CT molecular complexity index is 493. The molecule has 0 bridgehead atoms. The number of rotatable bonds is 4. The molecule has 94 valence electrons. The smallest absolute Gasteiger partial charge is 0.245 e. The molecule has 0 saturated carbocycles. The molecule has 0 aliphatic carbocycles. The fourth-order valence-electron chi connectivity index (χ4n) is 1.88. The fourth-order valence-corrected chi connectivity index (χ4v) is 1.88. The highest BCUT2D eigenvalue weighted by Crippen LogP contribution is 2.11. The summed E-state index contributed by atoms with van der Waals surface area (Å²) in [5, 5.41) is 0. The average molecular weight is 243 g/mol. The minimum atomic E-state index is -0.221. The van der Waals surface area contributed by atoms with Gasteiger partial charge >= 0.3 is 0 Å². The molecule has 18 heavy (non-hydrogen) atoms. The number of benzene rings is 1. The topological polar surface area (TPSA) is 38.1 Å². The lowest BCUT2D eigenvalue weighted by molar-refractivity contribution is -0.133. The summed E-state index contributed by atoms with van der Waals surface area (Å²) in [6, 6.07) is 9.75. The molecule has 1 heterocycles. The quantitative estimate of drug-likeness (QED) is 0.824. The largest absolute Gasteiger partial charge is 0.340 e. The maximum absolute atomic E-state index is 12.2. The van der Waals surface area contributed by atoms with Gasteiger partial charge in [0.2, 0.25) is 5.91 Å². The monoisotopic (exact) mass is 243 g/mol. The SMILES string of the molecule is CC(C(=O)N(C)Cc1ccccc1)n1ccnc1. The Kier molecular flexibility index (Phi) is 3.77. The van der Waals surface area contributed by atoms with Gasteiger partial charge in [-0.05, 0) is 12.5 Å². The third kappa shape index (κ3) is 2.77. The van der Waals surface area contributed by atoms with Gasteiger partial charge in [-0.2, -0.15) is 0 Å². The first-order chi connectivity index (χ1) is 8.68. The lowest BCUT2D eigenvalue weighted by Gasteiger charge is -2.22. The van der Waals surface area contributed by atoms with E-state index in [9.17, 15) is 4.79 Å². The van der Waals surface area contributed by atoms with Crippen LogP contribution < -0.4 is 0 Å². The highest BCUT2D eigenvalue weighted by atomic mass is 16.2. The molecule has 0 aliphatic rings. The molecule has 1 unspecified atom stereocenters. The van der Waals surface area contributed by atoms with Crippen LogP contribution in [0.15, 0.2) is 49.1 Å². The molecule has 2 aromatic rings. The van der Waals surface area contributed by atoms with Gasteiger partial charge in [-0.3, -0.25) is 4.79 Å². The summed E-state index contributed by atoms with van der Waals surface area (Å²) in [5.74, 6) is 0.0804. The second kappa shape index (κ2) is 5.49. The van der Waals surface area contributed by atoms with Gasteiger partial charge in [-0.1, -0.05) is 30.3 Å². The molecule has 0 radical (unpaired) electrons. The number of carbonyl (C=O) groups excluding carboxylic acids is 1. The highest BCUT2D eigenvalue weighted by Gasteiger charge is 2.18. The van der Waals surface area contributed by atoms with E-state index in [1.165, 1.54) is 0 Å². The summed E-state index contributed by atoms with van der Waals surface area (Å²) in [6.07, 6.45) is 5.15. The lowest BCUT2D eigenvalue weighted by Crippen LogP contribution is -2.32. The number of amides is 1. The average Bonchev–Trinajstić information content (AvgIpc) is 2.92. The van der Waals surface area contributed by atoms with Gasteiger partial charge < -0.3 is 9.47 Å². The Morgan fingerprint density at radius 2 is 2.11 bits per heavy atom. The van der Waals surface area contributed by atoms with Gasteiger partial charge in [-0.25, -0.2) is 4.98 Å². The number of likely N-dealkylation sites (N-methyl/N-ethyl adjacent to an activating group) is 1. The van der Waals surface area contributed by atoms with Gasteiger partial charge in [-0.15, -0.1) is 0 Å². The van der Waals surface area contributed by atoms with Crippen molar-refractivity contribution in [1.29, 1.82) is 0 Å². The summed E-state index contributed by atoms with van der Waals surface area (Å²) in [5.41, 5.74) is 1.13. The van der Waals surface area contributed by atoms with Crippen molar-refractivity contribution in [3.05, 3.63) is 54.6 Å². The van der Waals surface area contributed by atoms with E-state index >= 15 is 0 Å². The van der Waals surface area contributed by atoms with Crippen LogP contribution in [0.5, 0.6) is 0 Å². The van der Waals surface area contributed by atoms with E-state index in [-0.39, 0.29) is 11.9 Å². The summed E-state index contributed by atoms with van der Waals surface area (Å²) in [6.45, 7) is 2.50. The van der Waals surface area contributed by atoms with Crippen molar-refractivity contribution in [2.45, 2.75) is 19.5 Å². The molecule has 1 aromatic heterocycles. The van der Waals surface area contributed by atoms with Crippen molar-refractivity contribution in [2.24, 2.45) is 0 Å². The fraction of sp³-hybridized carbons (Fsp3) is 0.286. The Morgan fingerprint density at radius 1 is 1.39 bits per heavy atom. The minimum Gasteiger partial charge on any atom is -0.340 e. The van der Waals surface area contributed by atoms with E-state index < -0.39 is 0 Å². The van der Waals surface area contributed by atoms with Crippen LogP contribution in [0, 0.1) is 0 Å². The summed E-state index contributed by atoms with van der Waals surface area (Å²) >= 11 is 0. The third-order valence-corrected chi connectivity index (χ3v) is 2.97. The molecule has 4 nitrogen and oxygen atoms in total. The van der Waals surface area contributed by atoms with Crippen LogP contribution in [-0.4, -0.2) is 27.4 Å². The number of hydrogen-bond donors (Lipinski definition) is 0.